The fourth-order valence-electron chi connectivity index (χ4n) is 2.09. The summed E-state index contributed by atoms with van der Waals surface area (Å²) in [6.45, 7) is 0. The second-order valence-electron chi connectivity index (χ2n) is 5.18. The van der Waals surface area contributed by atoms with Gasteiger partial charge in [-0.15, -0.1) is 0 Å². The smallest absolute Gasteiger partial charge is 0.267 e. The Labute approximate surface area is 158 Å². The number of hydrazone groups is 1. The van der Waals surface area contributed by atoms with Crippen molar-refractivity contribution in [2.75, 3.05) is 0 Å². The molecule has 1 N–H and O–H groups in total. The molecule has 0 saturated heterocycles. The zero-order valence-electron chi connectivity index (χ0n) is 13.9. The highest BCUT2D eigenvalue weighted by Crippen LogP contribution is 2.29. The van der Waals surface area contributed by atoms with Crippen LogP contribution in [0, 0.1) is 10.1 Å². The van der Waals surface area contributed by atoms with Crippen LogP contribution in [-0.2, 0) is 0 Å². The predicted molar refractivity (Wildman–Crippen MR) is 101 cm³/mol. The molecule has 0 atom stereocenters. The lowest BCUT2D eigenvalue weighted by Crippen LogP contribution is -2.17. The van der Waals surface area contributed by atoms with E-state index in [1.807, 2.05) is 0 Å². The third kappa shape index (κ3) is 4.95. The van der Waals surface area contributed by atoms with E-state index in [0.29, 0.717) is 21.2 Å². The molecule has 0 aliphatic rings. The van der Waals surface area contributed by atoms with Crippen LogP contribution in [0.25, 0.3) is 0 Å². The number of hydrogen-bond donors (Lipinski definition) is 1. The molecule has 1 heterocycles. The number of hydrogen-bond acceptors (Lipinski definition) is 7. The molecule has 0 saturated carbocycles. The molecule has 8 nitrogen and oxygen atoms in total. The van der Waals surface area contributed by atoms with E-state index >= 15 is 0 Å². The van der Waals surface area contributed by atoms with Gasteiger partial charge in [-0.05, 0) is 36.0 Å². The van der Waals surface area contributed by atoms with Crippen LogP contribution in [0.5, 0.6) is 0 Å². The molecule has 0 spiro atoms. The number of nitro benzene ring substituents is 1. The summed E-state index contributed by atoms with van der Waals surface area (Å²) in [5, 5.41) is 15.5. The van der Waals surface area contributed by atoms with Gasteiger partial charge in [0.15, 0.2) is 5.16 Å². The molecule has 0 bridgehead atoms. The van der Waals surface area contributed by atoms with Crippen molar-refractivity contribution in [2.45, 2.75) is 10.1 Å². The third-order valence-corrected chi connectivity index (χ3v) is 4.34. The topological polar surface area (TPSA) is 110 Å². The van der Waals surface area contributed by atoms with E-state index in [1.165, 1.54) is 30.1 Å². The van der Waals surface area contributed by atoms with Crippen LogP contribution in [0.1, 0.15) is 15.9 Å². The van der Waals surface area contributed by atoms with Crippen molar-refractivity contribution >= 4 is 29.6 Å². The van der Waals surface area contributed by atoms with E-state index in [1.54, 1.807) is 54.9 Å². The number of rotatable bonds is 6. The zero-order chi connectivity index (χ0) is 19.1. The predicted octanol–water partition coefficient (Wildman–Crippen LogP) is 3.30. The van der Waals surface area contributed by atoms with Crippen molar-refractivity contribution in [3.05, 3.63) is 88.2 Å². The Bertz CT molecular complexity index is 981. The molecule has 134 valence electrons. The molecule has 1 aromatic heterocycles. The molecule has 0 aliphatic heterocycles. The monoisotopic (exact) mass is 379 g/mol. The number of nitrogens with one attached hydrogen (secondary N) is 1. The normalized spacial score (nSPS) is 10.7. The van der Waals surface area contributed by atoms with Crippen molar-refractivity contribution in [1.29, 1.82) is 0 Å². The van der Waals surface area contributed by atoms with E-state index in [9.17, 15) is 14.9 Å². The van der Waals surface area contributed by atoms with Gasteiger partial charge in [0.2, 0.25) is 0 Å². The molecule has 3 aromatic rings. The average Bonchev–Trinajstić information content (AvgIpc) is 2.70. The number of carbonyl (C=O) groups excluding carboxylic acids is 1. The summed E-state index contributed by atoms with van der Waals surface area (Å²) in [5.41, 5.74) is 3.25. The minimum Gasteiger partial charge on any atom is -0.267 e. The van der Waals surface area contributed by atoms with Gasteiger partial charge in [0, 0.05) is 40.5 Å². The van der Waals surface area contributed by atoms with Crippen LogP contribution >= 0.6 is 11.8 Å². The summed E-state index contributed by atoms with van der Waals surface area (Å²) in [4.78, 5) is 31.5. The van der Waals surface area contributed by atoms with E-state index < -0.39 is 4.92 Å². The van der Waals surface area contributed by atoms with Gasteiger partial charge in [-0.3, -0.25) is 14.9 Å². The van der Waals surface area contributed by atoms with Gasteiger partial charge in [0.25, 0.3) is 11.6 Å². The van der Waals surface area contributed by atoms with Gasteiger partial charge >= 0.3 is 0 Å². The molecule has 2 aromatic carbocycles. The van der Waals surface area contributed by atoms with Crippen LogP contribution in [0.3, 0.4) is 0 Å². The summed E-state index contributed by atoms with van der Waals surface area (Å²) >= 11 is 1.24. The molecule has 3 rings (SSSR count). The van der Waals surface area contributed by atoms with Crippen LogP contribution < -0.4 is 5.43 Å². The standard InChI is InChI=1S/C18H13N5O3S/c24-17(13-5-2-1-3-6-13)22-21-12-14-11-15(23(25)26)7-8-16(14)27-18-19-9-4-10-20-18/h1-12H,(H,22,24)/b21-12-. The number of non-ortho nitro benzene ring substituents is 1. The number of carbonyl (C=O) groups is 1. The number of amides is 1. The first-order chi connectivity index (χ1) is 13.1. The number of benzene rings is 2. The average molecular weight is 379 g/mol. The van der Waals surface area contributed by atoms with Crippen molar-refractivity contribution in [3.63, 3.8) is 0 Å². The van der Waals surface area contributed by atoms with Gasteiger partial charge in [-0.2, -0.15) is 5.10 Å². The number of nitro groups is 1. The summed E-state index contributed by atoms with van der Waals surface area (Å²) in [7, 11) is 0. The van der Waals surface area contributed by atoms with Crippen molar-refractivity contribution in [3.8, 4) is 0 Å². The Balaban J connectivity index is 1.82. The van der Waals surface area contributed by atoms with Crippen molar-refractivity contribution in [2.24, 2.45) is 5.10 Å². The minimum absolute atomic E-state index is 0.0795. The highest BCUT2D eigenvalue weighted by Gasteiger charge is 2.12. The molecular weight excluding hydrogens is 366 g/mol. The van der Waals surface area contributed by atoms with Gasteiger partial charge < -0.3 is 0 Å². The van der Waals surface area contributed by atoms with E-state index in [-0.39, 0.29) is 11.6 Å². The Morgan fingerprint density at radius 3 is 2.56 bits per heavy atom. The van der Waals surface area contributed by atoms with Crippen LogP contribution in [0.2, 0.25) is 0 Å². The number of nitrogens with zero attached hydrogens (tertiary/aromatic N) is 4. The van der Waals surface area contributed by atoms with Gasteiger partial charge in [-0.1, -0.05) is 18.2 Å². The van der Waals surface area contributed by atoms with Crippen LogP contribution in [0.4, 0.5) is 5.69 Å². The maximum absolute atomic E-state index is 12.0. The summed E-state index contributed by atoms with van der Waals surface area (Å²) in [6, 6.07) is 14.7. The van der Waals surface area contributed by atoms with E-state index in [4.69, 9.17) is 0 Å². The Morgan fingerprint density at radius 2 is 1.85 bits per heavy atom. The molecule has 0 unspecified atom stereocenters. The largest absolute Gasteiger partial charge is 0.271 e. The van der Waals surface area contributed by atoms with Crippen LogP contribution in [0.15, 0.2) is 82.1 Å². The number of aromatic nitrogens is 2. The zero-order valence-corrected chi connectivity index (χ0v) is 14.7. The lowest BCUT2D eigenvalue weighted by molar-refractivity contribution is -0.384. The highest BCUT2D eigenvalue weighted by molar-refractivity contribution is 7.99. The van der Waals surface area contributed by atoms with Gasteiger partial charge in [0.05, 0.1) is 11.1 Å². The lowest BCUT2D eigenvalue weighted by Gasteiger charge is -2.05. The van der Waals surface area contributed by atoms with Crippen molar-refractivity contribution < 1.29 is 9.72 Å². The molecule has 9 heteroatoms. The minimum atomic E-state index is -0.493. The molecule has 0 fully saturated rings. The van der Waals surface area contributed by atoms with Crippen LogP contribution in [-0.4, -0.2) is 27.0 Å². The molecule has 0 radical (unpaired) electrons. The van der Waals surface area contributed by atoms with E-state index in [0.717, 1.165) is 0 Å². The lowest BCUT2D eigenvalue weighted by atomic mass is 10.2. The quantitative estimate of drug-likeness (QED) is 0.304. The SMILES string of the molecule is O=C(N/N=C\c1cc([N+](=O)[O-])ccc1Sc1ncccn1)c1ccccc1. The molecular formula is C18H13N5O3S. The molecule has 0 aliphatic carbocycles. The maximum Gasteiger partial charge on any atom is 0.271 e. The first-order valence-electron chi connectivity index (χ1n) is 7.75. The summed E-state index contributed by atoms with van der Waals surface area (Å²) < 4.78 is 0. The van der Waals surface area contributed by atoms with Gasteiger partial charge in [-0.25, -0.2) is 15.4 Å². The fourth-order valence-corrected chi connectivity index (χ4v) is 2.88. The first kappa shape index (κ1) is 18.2. The first-order valence-corrected chi connectivity index (χ1v) is 8.57. The third-order valence-electron chi connectivity index (χ3n) is 3.35. The van der Waals surface area contributed by atoms with E-state index in [2.05, 4.69) is 20.5 Å². The highest BCUT2D eigenvalue weighted by atomic mass is 32.2. The van der Waals surface area contributed by atoms with Gasteiger partial charge in [0.1, 0.15) is 0 Å². The second-order valence-corrected chi connectivity index (χ2v) is 6.19. The Morgan fingerprint density at radius 1 is 1.11 bits per heavy atom. The summed E-state index contributed by atoms with van der Waals surface area (Å²) in [5.74, 6) is -0.377. The maximum atomic E-state index is 12.0. The summed E-state index contributed by atoms with van der Waals surface area (Å²) in [6.07, 6.45) is 4.57. The molecule has 27 heavy (non-hydrogen) atoms. The second kappa shape index (κ2) is 8.68. The molecule has 1 amide bonds. The Kier molecular flexibility index (Phi) is 5.85. The fraction of sp³-hybridized carbons (Fsp3) is 0. The Hall–Kier alpha value is -3.59. The van der Waals surface area contributed by atoms with Crippen molar-refractivity contribution in [1.82, 2.24) is 15.4 Å².